The Morgan fingerprint density at radius 1 is 1.50 bits per heavy atom. The van der Waals surface area contributed by atoms with Gasteiger partial charge in [0.2, 0.25) is 0 Å². The molecule has 112 valence electrons. The summed E-state index contributed by atoms with van der Waals surface area (Å²) in [7, 11) is 1.50. The van der Waals surface area contributed by atoms with Gasteiger partial charge in [0.05, 0.1) is 19.9 Å². The summed E-state index contributed by atoms with van der Waals surface area (Å²) >= 11 is 5.93. The lowest BCUT2D eigenvalue weighted by Gasteiger charge is -2.06. The molecule has 1 aromatic carbocycles. The van der Waals surface area contributed by atoms with Crippen LogP contribution in [-0.4, -0.2) is 13.0 Å². The third-order valence-corrected chi connectivity index (χ3v) is 3.10. The highest BCUT2D eigenvalue weighted by Crippen LogP contribution is 2.24. The third kappa shape index (κ3) is 3.90. The normalized spacial score (nSPS) is 10.9. The van der Waals surface area contributed by atoms with E-state index < -0.39 is 5.91 Å². The monoisotopic (exact) mass is 316 g/mol. The molecule has 0 saturated heterocycles. The fourth-order valence-corrected chi connectivity index (χ4v) is 1.98. The van der Waals surface area contributed by atoms with Crippen molar-refractivity contribution in [2.24, 2.45) is 0 Å². The number of nitriles is 1. The van der Waals surface area contributed by atoms with Crippen LogP contribution < -0.4 is 10.1 Å². The number of halogens is 1. The first-order chi connectivity index (χ1) is 10.6. The zero-order valence-electron chi connectivity index (χ0n) is 11.8. The summed E-state index contributed by atoms with van der Waals surface area (Å²) in [6, 6.07) is 10.3. The molecule has 2 rings (SSSR count). The smallest absolute Gasteiger partial charge is 0.262 e. The average Bonchev–Trinajstić information content (AvgIpc) is 3.04. The van der Waals surface area contributed by atoms with Gasteiger partial charge in [-0.2, -0.15) is 5.26 Å². The van der Waals surface area contributed by atoms with Gasteiger partial charge in [-0.05, 0) is 36.4 Å². The molecular weight excluding hydrogens is 304 g/mol. The maximum atomic E-state index is 12.0. The van der Waals surface area contributed by atoms with Crippen molar-refractivity contribution in [3.63, 3.8) is 0 Å². The second-order valence-corrected chi connectivity index (χ2v) is 4.75. The minimum absolute atomic E-state index is 0.0490. The maximum Gasteiger partial charge on any atom is 0.262 e. The molecule has 22 heavy (non-hydrogen) atoms. The standard InChI is InChI=1S/C16H13ClN2O3/c1-21-15-5-4-13(17)8-11(15)7-12(9-18)16(20)19-10-14-3-2-6-22-14/h2-8H,10H2,1H3,(H,19,20)/b12-7+. The van der Waals surface area contributed by atoms with Gasteiger partial charge >= 0.3 is 0 Å². The molecule has 1 aromatic heterocycles. The highest BCUT2D eigenvalue weighted by molar-refractivity contribution is 6.30. The molecule has 0 aliphatic carbocycles. The van der Waals surface area contributed by atoms with E-state index in [-0.39, 0.29) is 12.1 Å². The maximum absolute atomic E-state index is 12.0. The molecule has 0 saturated carbocycles. The Morgan fingerprint density at radius 2 is 2.32 bits per heavy atom. The fourth-order valence-electron chi connectivity index (χ4n) is 1.80. The first kappa shape index (κ1) is 15.7. The van der Waals surface area contributed by atoms with E-state index >= 15 is 0 Å². The molecule has 0 aliphatic heterocycles. The molecule has 0 fully saturated rings. The van der Waals surface area contributed by atoms with E-state index in [2.05, 4.69) is 5.32 Å². The number of benzene rings is 1. The van der Waals surface area contributed by atoms with Crippen LogP contribution in [0.1, 0.15) is 11.3 Å². The summed E-state index contributed by atoms with van der Waals surface area (Å²) in [4.78, 5) is 12.0. The predicted molar refractivity (Wildman–Crippen MR) is 82.1 cm³/mol. The molecule has 1 amide bonds. The molecule has 0 aliphatic rings. The largest absolute Gasteiger partial charge is 0.496 e. The number of hydrogen-bond donors (Lipinski definition) is 1. The zero-order valence-corrected chi connectivity index (χ0v) is 12.6. The number of carbonyl (C=O) groups is 1. The second kappa shape index (κ2) is 7.34. The van der Waals surface area contributed by atoms with Crippen molar-refractivity contribution in [1.82, 2.24) is 5.32 Å². The van der Waals surface area contributed by atoms with E-state index in [1.807, 2.05) is 6.07 Å². The molecule has 1 N–H and O–H groups in total. The molecule has 5 nitrogen and oxygen atoms in total. The molecule has 0 spiro atoms. The molecule has 6 heteroatoms. The van der Waals surface area contributed by atoms with Gasteiger partial charge in [-0.1, -0.05) is 11.6 Å². The van der Waals surface area contributed by atoms with Gasteiger partial charge in [-0.3, -0.25) is 4.79 Å². The number of furan rings is 1. The van der Waals surface area contributed by atoms with Gasteiger partial charge < -0.3 is 14.5 Å². The van der Waals surface area contributed by atoms with Gasteiger partial charge in [0.15, 0.2) is 0 Å². The van der Waals surface area contributed by atoms with Gasteiger partial charge in [0.25, 0.3) is 5.91 Å². The van der Waals surface area contributed by atoms with Crippen molar-refractivity contribution in [1.29, 1.82) is 5.26 Å². The Balaban J connectivity index is 2.18. The Labute approximate surface area is 132 Å². The number of nitrogens with zero attached hydrogens (tertiary/aromatic N) is 1. The van der Waals surface area contributed by atoms with E-state index in [0.717, 1.165) is 0 Å². The number of hydrogen-bond acceptors (Lipinski definition) is 4. The van der Waals surface area contributed by atoms with E-state index in [9.17, 15) is 10.1 Å². The van der Waals surface area contributed by atoms with Crippen LogP contribution in [0.2, 0.25) is 5.02 Å². The van der Waals surface area contributed by atoms with Crippen LogP contribution in [0.25, 0.3) is 6.08 Å². The minimum atomic E-state index is -0.499. The number of methoxy groups -OCH3 is 1. The van der Waals surface area contributed by atoms with Crippen molar-refractivity contribution < 1.29 is 13.9 Å². The molecule has 0 radical (unpaired) electrons. The van der Waals surface area contributed by atoms with Crippen LogP contribution in [0.5, 0.6) is 5.75 Å². The van der Waals surface area contributed by atoms with Crippen molar-refractivity contribution in [2.75, 3.05) is 7.11 Å². The summed E-state index contributed by atoms with van der Waals surface area (Å²) in [6.07, 6.45) is 2.95. The fraction of sp³-hybridized carbons (Fsp3) is 0.125. The lowest BCUT2D eigenvalue weighted by molar-refractivity contribution is -0.117. The Morgan fingerprint density at radius 3 is 2.95 bits per heavy atom. The quantitative estimate of drug-likeness (QED) is 0.679. The van der Waals surface area contributed by atoms with Crippen molar-refractivity contribution in [3.05, 3.63) is 58.5 Å². The van der Waals surface area contributed by atoms with Gasteiger partial charge in [-0.25, -0.2) is 0 Å². The van der Waals surface area contributed by atoms with Crippen LogP contribution in [0.4, 0.5) is 0 Å². The lowest BCUT2D eigenvalue weighted by Crippen LogP contribution is -2.23. The van der Waals surface area contributed by atoms with E-state index in [0.29, 0.717) is 22.1 Å². The summed E-state index contributed by atoms with van der Waals surface area (Å²) in [5, 5.41) is 12.3. The highest BCUT2D eigenvalue weighted by Gasteiger charge is 2.11. The van der Waals surface area contributed by atoms with Crippen LogP contribution in [0, 0.1) is 11.3 Å². The van der Waals surface area contributed by atoms with Crippen molar-refractivity contribution in [2.45, 2.75) is 6.54 Å². The van der Waals surface area contributed by atoms with Crippen LogP contribution in [0.15, 0.2) is 46.6 Å². The van der Waals surface area contributed by atoms with E-state index in [1.54, 1.807) is 30.3 Å². The Kier molecular flexibility index (Phi) is 5.23. The van der Waals surface area contributed by atoms with Gasteiger partial charge in [0.1, 0.15) is 23.2 Å². The SMILES string of the molecule is COc1ccc(Cl)cc1/C=C(\C#N)C(=O)NCc1ccco1. The van der Waals surface area contributed by atoms with E-state index in [1.165, 1.54) is 19.4 Å². The molecule has 0 atom stereocenters. The first-order valence-corrected chi connectivity index (χ1v) is 6.77. The molecule has 0 unspecified atom stereocenters. The predicted octanol–water partition coefficient (Wildman–Crippen LogP) is 3.16. The van der Waals surface area contributed by atoms with Crippen LogP contribution in [-0.2, 0) is 11.3 Å². The average molecular weight is 317 g/mol. The number of ether oxygens (including phenoxy) is 1. The van der Waals surface area contributed by atoms with Crippen LogP contribution >= 0.6 is 11.6 Å². The number of amides is 1. The Bertz CT molecular complexity index is 730. The van der Waals surface area contributed by atoms with Crippen molar-refractivity contribution in [3.8, 4) is 11.8 Å². The number of carbonyl (C=O) groups excluding carboxylic acids is 1. The topological polar surface area (TPSA) is 75.3 Å². The third-order valence-electron chi connectivity index (χ3n) is 2.86. The number of nitrogens with one attached hydrogen (secondary N) is 1. The molecule has 0 bridgehead atoms. The molecular formula is C16H13ClN2O3. The molecule has 1 heterocycles. The van der Waals surface area contributed by atoms with Gasteiger partial charge in [-0.15, -0.1) is 0 Å². The minimum Gasteiger partial charge on any atom is -0.496 e. The second-order valence-electron chi connectivity index (χ2n) is 4.32. The molecule has 2 aromatic rings. The lowest BCUT2D eigenvalue weighted by atomic mass is 10.1. The number of rotatable bonds is 5. The highest BCUT2D eigenvalue weighted by atomic mass is 35.5. The first-order valence-electron chi connectivity index (χ1n) is 6.40. The van der Waals surface area contributed by atoms with Gasteiger partial charge in [0, 0.05) is 10.6 Å². The summed E-state index contributed by atoms with van der Waals surface area (Å²) in [5.41, 5.74) is 0.506. The Hall–Kier alpha value is -2.71. The van der Waals surface area contributed by atoms with E-state index in [4.69, 9.17) is 20.8 Å². The zero-order chi connectivity index (χ0) is 15.9. The summed E-state index contributed by atoms with van der Waals surface area (Å²) in [5.74, 6) is 0.628. The summed E-state index contributed by atoms with van der Waals surface area (Å²) in [6.45, 7) is 0.206. The van der Waals surface area contributed by atoms with Crippen molar-refractivity contribution >= 4 is 23.6 Å². The summed E-state index contributed by atoms with van der Waals surface area (Å²) < 4.78 is 10.3. The van der Waals surface area contributed by atoms with Crippen LogP contribution in [0.3, 0.4) is 0 Å².